The normalized spacial score (nSPS) is 5.43. The molecule has 0 nitrogen and oxygen atoms in total. The maximum atomic E-state index is 3.48. The van der Waals surface area contributed by atoms with Crippen LogP contribution in [-0.4, -0.2) is 0 Å². The molecule has 0 aliphatic heterocycles. The van der Waals surface area contributed by atoms with Crippen molar-refractivity contribution in [2.45, 2.75) is 20.3 Å². The maximum Gasteiger partial charge on any atom is -0.0175 e. The van der Waals surface area contributed by atoms with Gasteiger partial charge in [-0.1, -0.05) is 26.0 Å². The Balaban J connectivity index is 0. The Morgan fingerprint density at radius 2 is 1.43 bits per heavy atom. The Kier molecular flexibility index (Phi) is 24.8. The summed E-state index contributed by atoms with van der Waals surface area (Å²) in [4.78, 5) is 0. The molecule has 0 heteroatoms. The van der Waals surface area contributed by atoms with Crippen LogP contribution in [0.5, 0.6) is 0 Å². The first kappa shape index (κ1) is 9.70. The molecule has 0 heterocycles. The molecule has 0 atom stereocenters. The average molecular weight is 98.2 g/mol. The van der Waals surface area contributed by atoms with Gasteiger partial charge in [0.1, 0.15) is 0 Å². The van der Waals surface area contributed by atoms with Crippen LogP contribution in [0.25, 0.3) is 0 Å². The third-order valence-corrected chi connectivity index (χ3v) is 0.333. The van der Waals surface area contributed by atoms with Gasteiger partial charge in [0.05, 0.1) is 0 Å². The van der Waals surface area contributed by atoms with Crippen molar-refractivity contribution in [2.75, 3.05) is 0 Å². The van der Waals surface area contributed by atoms with Crippen molar-refractivity contribution in [2.24, 2.45) is 0 Å². The molecule has 0 spiro atoms. The van der Waals surface area contributed by atoms with Gasteiger partial charge in [0.2, 0.25) is 0 Å². The van der Waals surface area contributed by atoms with Gasteiger partial charge in [0, 0.05) is 0 Å². The van der Waals surface area contributed by atoms with Gasteiger partial charge in [-0.05, 0) is 6.42 Å². The van der Waals surface area contributed by atoms with Crippen LogP contribution < -0.4 is 0 Å². The number of hydrogen-bond donors (Lipinski definition) is 0. The lowest BCUT2D eigenvalue weighted by molar-refractivity contribution is 1.42. The predicted molar refractivity (Wildman–Crippen MR) is 36.4 cm³/mol. The van der Waals surface area contributed by atoms with E-state index in [4.69, 9.17) is 0 Å². The SMILES string of the molecule is C=CCC=C.CC. The van der Waals surface area contributed by atoms with Gasteiger partial charge in [0.15, 0.2) is 0 Å². The zero-order chi connectivity index (χ0) is 6.12. The standard InChI is InChI=1S/C5H8.C2H6/c1-3-5-4-2;1-2/h3-4H,1-2,5H2;1-2H3. The molecule has 0 radical (unpaired) electrons. The molecule has 0 saturated carbocycles. The molecule has 0 saturated heterocycles. The molecular weight excluding hydrogens is 84.1 g/mol. The first-order valence-electron chi connectivity index (χ1n) is 2.63. The minimum absolute atomic E-state index is 0.917. The molecule has 0 aromatic heterocycles. The second-order valence-electron chi connectivity index (χ2n) is 0.813. The minimum atomic E-state index is 0.917. The summed E-state index contributed by atoms with van der Waals surface area (Å²) in [5.41, 5.74) is 0. The molecule has 0 rings (SSSR count). The van der Waals surface area contributed by atoms with Crippen LogP contribution in [0, 0.1) is 0 Å². The zero-order valence-electron chi connectivity index (χ0n) is 5.28. The molecule has 0 aliphatic rings. The summed E-state index contributed by atoms with van der Waals surface area (Å²) in [5, 5.41) is 0. The van der Waals surface area contributed by atoms with Crippen LogP contribution in [0.2, 0.25) is 0 Å². The lowest BCUT2D eigenvalue weighted by Crippen LogP contribution is -1.43. The van der Waals surface area contributed by atoms with E-state index in [1.807, 2.05) is 26.0 Å². The van der Waals surface area contributed by atoms with Gasteiger partial charge in [-0.25, -0.2) is 0 Å². The van der Waals surface area contributed by atoms with Gasteiger partial charge < -0.3 is 0 Å². The monoisotopic (exact) mass is 98.1 g/mol. The summed E-state index contributed by atoms with van der Waals surface area (Å²) in [7, 11) is 0. The van der Waals surface area contributed by atoms with Crippen molar-refractivity contribution < 1.29 is 0 Å². The van der Waals surface area contributed by atoms with Crippen LogP contribution >= 0.6 is 0 Å². The summed E-state index contributed by atoms with van der Waals surface area (Å²) < 4.78 is 0. The highest BCUT2D eigenvalue weighted by atomic mass is 13.6. The molecule has 0 fully saturated rings. The highest BCUT2D eigenvalue weighted by Gasteiger charge is 1.52. The van der Waals surface area contributed by atoms with E-state index in [1.165, 1.54) is 0 Å². The van der Waals surface area contributed by atoms with Gasteiger partial charge in [0.25, 0.3) is 0 Å². The largest absolute Gasteiger partial charge is 0.103 e. The van der Waals surface area contributed by atoms with Gasteiger partial charge in [-0.2, -0.15) is 0 Å². The molecule has 42 valence electrons. The van der Waals surface area contributed by atoms with E-state index in [9.17, 15) is 0 Å². The summed E-state index contributed by atoms with van der Waals surface area (Å²) in [6.07, 6.45) is 4.54. The van der Waals surface area contributed by atoms with Gasteiger partial charge in [-0.15, -0.1) is 13.2 Å². The highest BCUT2D eigenvalue weighted by molar-refractivity contribution is 4.79. The fourth-order valence-corrected chi connectivity index (χ4v) is 0.118. The Labute approximate surface area is 46.6 Å². The second kappa shape index (κ2) is 17.9. The molecule has 0 unspecified atom stereocenters. The lowest BCUT2D eigenvalue weighted by Gasteiger charge is -1.64. The maximum absolute atomic E-state index is 3.48. The third kappa shape index (κ3) is 30.3. The fraction of sp³-hybridized carbons (Fsp3) is 0.429. The van der Waals surface area contributed by atoms with Crippen molar-refractivity contribution in [1.82, 2.24) is 0 Å². The Bertz CT molecular complexity index is 29.3. The summed E-state index contributed by atoms with van der Waals surface area (Å²) in [5.74, 6) is 0. The second-order valence-corrected chi connectivity index (χ2v) is 0.813. The molecule has 0 amide bonds. The van der Waals surface area contributed by atoms with Gasteiger partial charge in [-0.3, -0.25) is 0 Å². The summed E-state index contributed by atoms with van der Waals surface area (Å²) in [6.45, 7) is 11.0. The zero-order valence-corrected chi connectivity index (χ0v) is 5.28. The van der Waals surface area contributed by atoms with Crippen molar-refractivity contribution >= 4 is 0 Å². The number of hydrogen-bond acceptors (Lipinski definition) is 0. The molecule has 0 bridgehead atoms. The van der Waals surface area contributed by atoms with E-state index in [0.29, 0.717) is 0 Å². The van der Waals surface area contributed by atoms with Crippen molar-refractivity contribution in [1.29, 1.82) is 0 Å². The third-order valence-electron chi connectivity index (χ3n) is 0.333. The molecule has 7 heavy (non-hydrogen) atoms. The topological polar surface area (TPSA) is 0 Å². The first-order valence-corrected chi connectivity index (χ1v) is 2.63. The van der Waals surface area contributed by atoms with E-state index < -0.39 is 0 Å². The van der Waals surface area contributed by atoms with Crippen molar-refractivity contribution in [3.05, 3.63) is 25.3 Å². The Hall–Kier alpha value is -0.520. The fourth-order valence-electron chi connectivity index (χ4n) is 0.118. The van der Waals surface area contributed by atoms with Crippen molar-refractivity contribution in [3.63, 3.8) is 0 Å². The summed E-state index contributed by atoms with van der Waals surface area (Å²) in [6, 6.07) is 0. The van der Waals surface area contributed by atoms with Crippen LogP contribution in [0.3, 0.4) is 0 Å². The first-order chi connectivity index (χ1) is 3.41. The van der Waals surface area contributed by atoms with Crippen LogP contribution in [-0.2, 0) is 0 Å². The minimum Gasteiger partial charge on any atom is -0.103 e. The highest BCUT2D eigenvalue weighted by Crippen LogP contribution is 1.73. The predicted octanol–water partition coefficient (Wildman–Crippen LogP) is 2.77. The van der Waals surface area contributed by atoms with E-state index in [1.54, 1.807) is 0 Å². The van der Waals surface area contributed by atoms with E-state index in [0.717, 1.165) is 6.42 Å². The molecule has 0 aliphatic carbocycles. The van der Waals surface area contributed by atoms with Crippen LogP contribution in [0.1, 0.15) is 20.3 Å². The smallest absolute Gasteiger partial charge is 0.0175 e. The Morgan fingerprint density at radius 3 is 1.43 bits per heavy atom. The van der Waals surface area contributed by atoms with Crippen molar-refractivity contribution in [3.8, 4) is 0 Å². The molecule has 0 aromatic rings. The van der Waals surface area contributed by atoms with E-state index in [2.05, 4.69) is 13.2 Å². The molecule has 0 aromatic carbocycles. The number of allylic oxidation sites excluding steroid dienone is 2. The quantitative estimate of drug-likeness (QED) is 0.466. The molecular formula is C7H14. The molecule has 0 N–H and O–H groups in total. The number of rotatable bonds is 2. The van der Waals surface area contributed by atoms with Crippen LogP contribution in [0.15, 0.2) is 25.3 Å². The summed E-state index contributed by atoms with van der Waals surface area (Å²) >= 11 is 0. The van der Waals surface area contributed by atoms with E-state index in [-0.39, 0.29) is 0 Å². The lowest BCUT2D eigenvalue weighted by atomic mass is 10.4. The van der Waals surface area contributed by atoms with E-state index >= 15 is 0 Å². The average Bonchev–Trinajstić information content (AvgIpc) is 1.75. The Morgan fingerprint density at radius 1 is 1.14 bits per heavy atom. The van der Waals surface area contributed by atoms with Crippen LogP contribution in [0.4, 0.5) is 0 Å². The van der Waals surface area contributed by atoms with Gasteiger partial charge >= 0.3 is 0 Å².